The lowest BCUT2D eigenvalue weighted by Crippen LogP contribution is -2.59. The Morgan fingerprint density at radius 3 is 2.50 bits per heavy atom. The summed E-state index contributed by atoms with van der Waals surface area (Å²) in [4.78, 5) is 2.66. The Morgan fingerprint density at radius 2 is 1.90 bits per heavy atom. The summed E-state index contributed by atoms with van der Waals surface area (Å²) < 4.78 is 1.22. The largest absolute Gasteiger partial charge is 0.311 e. The first-order chi connectivity index (χ1) is 9.49. The van der Waals surface area contributed by atoms with Gasteiger partial charge in [-0.15, -0.1) is 0 Å². The summed E-state index contributed by atoms with van der Waals surface area (Å²) in [6, 6.07) is 9.81. The molecule has 0 amide bonds. The number of halogens is 1. The molecule has 1 aliphatic rings. The maximum absolute atomic E-state index is 3.73. The third-order valence-corrected chi connectivity index (χ3v) is 5.17. The van der Waals surface area contributed by atoms with Gasteiger partial charge in [-0.2, -0.15) is 0 Å². The molecule has 1 aliphatic heterocycles. The Balaban J connectivity index is 2.13. The van der Waals surface area contributed by atoms with Gasteiger partial charge in [0, 0.05) is 36.2 Å². The highest BCUT2D eigenvalue weighted by atomic mass is 79.9. The fourth-order valence-corrected chi connectivity index (χ4v) is 3.40. The molecule has 2 nitrogen and oxygen atoms in total. The molecule has 2 atom stereocenters. The monoisotopic (exact) mass is 338 g/mol. The molecule has 1 aromatic rings. The van der Waals surface area contributed by atoms with Crippen LogP contribution in [0.15, 0.2) is 28.7 Å². The fraction of sp³-hybridized carbons (Fsp3) is 0.647. The zero-order chi connectivity index (χ0) is 14.7. The van der Waals surface area contributed by atoms with E-state index in [1.807, 2.05) is 0 Å². The van der Waals surface area contributed by atoms with Crippen LogP contribution in [0.25, 0.3) is 0 Å². The van der Waals surface area contributed by atoms with Crippen LogP contribution in [-0.2, 0) is 6.54 Å². The molecular weight excluding hydrogens is 312 g/mol. The van der Waals surface area contributed by atoms with Crippen LogP contribution in [0.5, 0.6) is 0 Å². The Labute approximate surface area is 132 Å². The lowest BCUT2D eigenvalue weighted by atomic mass is 9.94. The van der Waals surface area contributed by atoms with Gasteiger partial charge in [-0.3, -0.25) is 4.90 Å². The Kier molecular flexibility index (Phi) is 5.65. The first-order valence-corrected chi connectivity index (χ1v) is 8.49. The maximum Gasteiger partial charge on any atom is 0.0249 e. The fourth-order valence-electron chi connectivity index (χ4n) is 2.98. The van der Waals surface area contributed by atoms with E-state index in [1.54, 1.807) is 0 Å². The van der Waals surface area contributed by atoms with Gasteiger partial charge in [0.2, 0.25) is 0 Å². The summed E-state index contributed by atoms with van der Waals surface area (Å²) >= 11 is 3.68. The third-order valence-electron chi connectivity index (χ3n) is 4.39. The zero-order valence-electron chi connectivity index (χ0n) is 13.1. The number of rotatable bonds is 4. The second-order valence-electron chi connectivity index (χ2n) is 6.59. The van der Waals surface area contributed by atoms with Crippen LogP contribution >= 0.6 is 15.9 Å². The van der Waals surface area contributed by atoms with Gasteiger partial charge in [-0.1, -0.05) is 61.8 Å². The molecule has 1 heterocycles. The normalized spacial score (nSPS) is 24.6. The van der Waals surface area contributed by atoms with Crippen molar-refractivity contribution in [3.8, 4) is 0 Å². The van der Waals surface area contributed by atoms with E-state index in [-0.39, 0.29) is 0 Å². The van der Waals surface area contributed by atoms with Crippen LogP contribution in [0.2, 0.25) is 0 Å². The predicted molar refractivity (Wildman–Crippen MR) is 89.8 cm³/mol. The van der Waals surface area contributed by atoms with E-state index in [9.17, 15) is 0 Å². The quantitative estimate of drug-likeness (QED) is 0.895. The second kappa shape index (κ2) is 7.06. The molecule has 2 rings (SSSR count). The van der Waals surface area contributed by atoms with Crippen LogP contribution < -0.4 is 5.32 Å². The number of nitrogens with zero attached hydrogens (tertiary/aromatic N) is 1. The minimum Gasteiger partial charge on any atom is -0.311 e. The lowest BCUT2D eigenvalue weighted by molar-refractivity contribution is 0.0782. The van der Waals surface area contributed by atoms with E-state index in [2.05, 4.69) is 78.1 Å². The van der Waals surface area contributed by atoms with Gasteiger partial charge < -0.3 is 5.32 Å². The van der Waals surface area contributed by atoms with E-state index in [0.717, 1.165) is 19.6 Å². The number of piperazine rings is 1. The van der Waals surface area contributed by atoms with Gasteiger partial charge >= 0.3 is 0 Å². The van der Waals surface area contributed by atoms with E-state index >= 15 is 0 Å². The van der Waals surface area contributed by atoms with E-state index in [1.165, 1.54) is 10.0 Å². The van der Waals surface area contributed by atoms with Crippen LogP contribution in [-0.4, -0.2) is 30.1 Å². The average molecular weight is 339 g/mol. The van der Waals surface area contributed by atoms with Gasteiger partial charge in [0.15, 0.2) is 0 Å². The standard InChI is InChI=1S/C17H27BrN2/c1-12(2)16-11-20(17(9-19-16)13(3)4)10-14-7-5-6-8-15(14)18/h5-8,12-13,16-17,19H,9-11H2,1-4H3. The van der Waals surface area contributed by atoms with Crippen LogP contribution in [0, 0.1) is 11.8 Å². The van der Waals surface area contributed by atoms with Crippen molar-refractivity contribution in [2.75, 3.05) is 13.1 Å². The molecule has 3 heteroatoms. The summed E-state index contributed by atoms with van der Waals surface area (Å²) in [7, 11) is 0. The zero-order valence-corrected chi connectivity index (χ0v) is 14.7. The number of nitrogens with one attached hydrogen (secondary N) is 1. The Bertz CT molecular complexity index is 431. The molecule has 0 radical (unpaired) electrons. The molecule has 2 unspecified atom stereocenters. The van der Waals surface area contributed by atoms with Crippen molar-refractivity contribution in [3.63, 3.8) is 0 Å². The van der Waals surface area contributed by atoms with Crippen molar-refractivity contribution in [1.82, 2.24) is 10.2 Å². The average Bonchev–Trinajstić information content (AvgIpc) is 2.41. The van der Waals surface area contributed by atoms with Crippen molar-refractivity contribution in [2.24, 2.45) is 11.8 Å². The van der Waals surface area contributed by atoms with Gasteiger partial charge in [0.05, 0.1) is 0 Å². The topological polar surface area (TPSA) is 15.3 Å². The number of benzene rings is 1. The van der Waals surface area contributed by atoms with Gasteiger partial charge in [-0.25, -0.2) is 0 Å². The van der Waals surface area contributed by atoms with Gasteiger partial charge in [-0.05, 0) is 23.5 Å². The number of hydrogen-bond donors (Lipinski definition) is 1. The lowest BCUT2D eigenvalue weighted by Gasteiger charge is -2.44. The van der Waals surface area contributed by atoms with E-state index < -0.39 is 0 Å². The molecule has 0 spiro atoms. The highest BCUT2D eigenvalue weighted by Crippen LogP contribution is 2.24. The molecule has 0 aromatic heterocycles. The summed E-state index contributed by atoms with van der Waals surface area (Å²) in [5.41, 5.74) is 1.39. The molecular formula is C17H27BrN2. The van der Waals surface area contributed by atoms with Crippen molar-refractivity contribution in [2.45, 2.75) is 46.3 Å². The summed E-state index contributed by atoms with van der Waals surface area (Å²) in [6.07, 6.45) is 0. The minimum atomic E-state index is 0.604. The van der Waals surface area contributed by atoms with Crippen molar-refractivity contribution in [3.05, 3.63) is 34.3 Å². The van der Waals surface area contributed by atoms with Crippen molar-refractivity contribution >= 4 is 15.9 Å². The molecule has 20 heavy (non-hydrogen) atoms. The van der Waals surface area contributed by atoms with Crippen molar-refractivity contribution < 1.29 is 0 Å². The third kappa shape index (κ3) is 3.84. The first-order valence-electron chi connectivity index (χ1n) is 7.70. The highest BCUT2D eigenvalue weighted by molar-refractivity contribution is 9.10. The van der Waals surface area contributed by atoms with Crippen LogP contribution in [0.1, 0.15) is 33.3 Å². The Morgan fingerprint density at radius 1 is 1.20 bits per heavy atom. The molecule has 1 fully saturated rings. The highest BCUT2D eigenvalue weighted by Gasteiger charge is 2.31. The second-order valence-corrected chi connectivity index (χ2v) is 7.45. The molecule has 1 saturated heterocycles. The molecule has 0 saturated carbocycles. The summed E-state index contributed by atoms with van der Waals surface area (Å²) in [6.45, 7) is 12.6. The summed E-state index contributed by atoms with van der Waals surface area (Å²) in [5, 5.41) is 3.73. The van der Waals surface area contributed by atoms with Crippen LogP contribution in [0.4, 0.5) is 0 Å². The van der Waals surface area contributed by atoms with E-state index in [4.69, 9.17) is 0 Å². The molecule has 0 bridgehead atoms. The first kappa shape index (κ1) is 16.0. The molecule has 1 aromatic carbocycles. The smallest absolute Gasteiger partial charge is 0.0249 e. The van der Waals surface area contributed by atoms with E-state index in [0.29, 0.717) is 23.9 Å². The van der Waals surface area contributed by atoms with Gasteiger partial charge in [0.1, 0.15) is 0 Å². The van der Waals surface area contributed by atoms with Gasteiger partial charge in [0.25, 0.3) is 0 Å². The number of hydrogen-bond acceptors (Lipinski definition) is 2. The predicted octanol–water partition coefficient (Wildman–Crippen LogP) is 3.90. The SMILES string of the molecule is CC(C)C1CN(Cc2ccccc2Br)C(C(C)C)CN1. The van der Waals surface area contributed by atoms with Crippen molar-refractivity contribution in [1.29, 1.82) is 0 Å². The maximum atomic E-state index is 3.73. The summed E-state index contributed by atoms with van der Waals surface area (Å²) in [5.74, 6) is 1.36. The molecule has 1 N–H and O–H groups in total. The van der Waals surface area contributed by atoms with Crippen LogP contribution in [0.3, 0.4) is 0 Å². The molecule has 0 aliphatic carbocycles. The Hall–Kier alpha value is -0.380. The minimum absolute atomic E-state index is 0.604. The molecule has 112 valence electrons.